The molecule has 0 saturated heterocycles. The Hall–Kier alpha value is -4.21. The molecule has 0 bridgehead atoms. The molecular formula is C24H14F5NO4. The summed E-state index contributed by atoms with van der Waals surface area (Å²) in [5.74, 6) is -12.5. The number of rotatable bonds is 6. The Kier molecular flexibility index (Phi) is 6.31. The number of esters is 1. The Balaban J connectivity index is 1.63. The van der Waals surface area contributed by atoms with Gasteiger partial charge in [0.1, 0.15) is 12.4 Å². The molecule has 4 rings (SSSR count). The van der Waals surface area contributed by atoms with Gasteiger partial charge in [-0.1, -0.05) is 24.3 Å². The van der Waals surface area contributed by atoms with Crippen LogP contribution in [0.1, 0.15) is 16.7 Å². The molecule has 3 aromatic rings. The lowest BCUT2D eigenvalue weighted by molar-refractivity contribution is -0.129. The van der Waals surface area contributed by atoms with E-state index in [0.29, 0.717) is 11.1 Å². The van der Waals surface area contributed by atoms with Crippen molar-refractivity contribution < 1.29 is 41.0 Å². The van der Waals surface area contributed by atoms with Gasteiger partial charge in [0.2, 0.25) is 35.0 Å². The lowest BCUT2D eigenvalue weighted by atomic mass is 10.1. The number of hydrogen-bond acceptors (Lipinski definition) is 5. The minimum Gasteiger partial charge on any atom is -0.496 e. The van der Waals surface area contributed by atoms with Crippen LogP contribution in [0.25, 0.3) is 6.08 Å². The second-order valence-electron chi connectivity index (χ2n) is 6.96. The highest BCUT2D eigenvalue weighted by Crippen LogP contribution is 2.31. The molecule has 5 nitrogen and oxygen atoms in total. The first-order valence-corrected chi connectivity index (χ1v) is 9.69. The smallest absolute Gasteiger partial charge is 0.363 e. The highest BCUT2D eigenvalue weighted by atomic mass is 19.2. The van der Waals surface area contributed by atoms with E-state index in [1.807, 2.05) is 0 Å². The van der Waals surface area contributed by atoms with Crippen molar-refractivity contribution in [2.24, 2.45) is 4.99 Å². The molecule has 0 spiro atoms. The van der Waals surface area contributed by atoms with Gasteiger partial charge < -0.3 is 14.2 Å². The van der Waals surface area contributed by atoms with E-state index in [4.69, 9.17) is 14.2 Å². The van der Waals surface area contributed by atoms with E-state index in [1.54, 1.807) is 36.4 Å². The maximum atomic E-state index is 13.9. The van der Waals surface area contributed by atoms with Crippen LogP contribution in [0.3, 0.4) is 0 Å². The second kappa shape index (κ2) is 9.34. The van der Waals surface area contributed by atoms with Crippen molar-refractivity contribution in [2.75, 3.05) is 7.11 Å². The van der Waals surface area contributed by atoms with Gasteiger partial charge in [-0.05, 0) is 35.9 Å². The zero-order valence-electron chi connectivity index (χ0n) is 17.4. The average Bonchev–Trinajstić information content (AvgIpc) is 3.22. The molecule has 0 saturated carbocycles. The predicted octanol–water partition coefficient (Wildman–Crippen LogP) is 5.31. The largest absolute Gasteiger partial charge is 0.496 e. The number of hydrogen-bond donors (Lipinski definition) is 0. The molecular weight excluding hydrogens is 461 g/mol. The van der Waals surface area contributed by atoms with E-state index in [0.717, 1.165) is 0 Å². The summed E-state index contributed by atoms with van der Waals surface area (Å²) in [4.78, 5) is 16.4. The van der Waals surface area contributed by atoms with Crippen LogP contribution in [0.2, 0.25) is 0 Å². The fourth-order valence-corrected chi connectivity index (χ4v) is 3.13. The summed E-state index contributed by atoms with van der Waals surface area (Å²) in [5.41, 5.74) is 1.22. The molecule has 3 aromatic carbocycles. The first-order chi connectivity index (χ1) is 16.3. The maximum Gasteiger partial charge on any atom is 0.363 e. The van der Waals surface area contributed by atoms with E-state index in [9.17, 15) is 26.7 Å². The van der Waals surface area contributed by atoms with E-state index >= 15 is 0 Å². The molecule has 0 radical (unpaired) electrons. The third-order valence-corrected chi connectivity index (χ3v) is 4.79. The number of cyclic esters (lactones) is 1. The lowest BCUT2D eigenvalue weighted by Crippen LogP contribution is -2.08. The molecule has 0 aliphatic carbocycles. The van der Waals surface area contributed by atoms with Gasteiger partial charge in [0.05, 0.1) is 7.11 Å². The summed E-state index contributed by atoms with van der Waals surface area (Å²) in [6.07, 6.45) is 1.40. The van der Waals surface area contributed by atoms with Crippen LogP contribution in [0.4, 0.5) is 22.0 Å². The summed E-state index contributed by atoms with van der Waals surface area (Å²) in [6, 6.07) is 13.2. The topological polar surface area (TPSA) is 57.1 Å². The number of methoxy groups -OCH3 is 1. The summed E-state index contributed by atoms with van der Waals surface area (Å²) in [6.45, 7) is -0.596. The SMILES string of the molecule is COc1ccc(/C=C2/N=C(c3ccccc3)OC2=O)cc1COc1c(F)c(F)c(F)c(F)c1F. The minimum absolute atomic E-state index is 0.00402. The Morgan fingerprint density at radius 2 is 1.56 bits per heavy atom. The zero-order chi connectivity index (χ0) is 24.4. The molecule has 0 aromatic heterocycles. The zero-order valence-corrected chi connectivity index (χ0v) is 17.4. The van der Waals surface area contributed by atoms with Crippen LogP contribution < -0.4 is 9.47 Å². The minimum atomic E-state index is -2.28. The number of carbonyl (C=O) groups excluding carboxylic acids is 1. The van der Waals surface area contributed by atoms with Crippen molar-refractivity contribution in [1.82, 2.24) is 0 Å². The standard InChI is InChI=1S/C24H14F5NO4/c1-32-16-8-7-12(10-15-24(31)34-23(30-15)13-5-3-2-4-6-13)9-14(16)11-33-22-20(28)18(26)17(25)19(27)21(22)29/h2-10H,11H2,1H3/b15-10+. The molecule has 1 aliphatic rings. The van der Waals surface area contributed by atoms with Crippen LogP contribution in [-0.4, -0.2) is 19.0 Å². The van der Waals surface area contributed by atoms with Gasteiger partial charge in [0, 0.05) is 11.1 Å². The molecule has 34 heavy (non-hydrogen) atoms. The molecule has 1 aliphatic heterocycles. The van der Waals surface area contributed by atoms with Gasteiger partial charge in [0.15, 0.2) is 11.4 Å². The summed E-state index contributed by atoms with van der Waals surface area (Å²) in [5, 5.41) is 0. The maximum absolute atomic E-state index is 13.9. The third kappa shape index (κ3) is 4.34. The van der Waals surface area contributed by atoms with Crippen molar-refractivity contribution in [1.29, 1.82) is 0 Å². The van der Waals surface area contributed by atoms with Gasteiger partial charge in [0.25, 0.3) is 0 Å². The second-order valence-corrected chi connectivity index (χ2v) is 6.96. The van der Waals surface area contributed by atoms with E-state index < -0.39 is 47.4 Å². The van der Waals surface area contributed by atoms with Crippen LogP contribution in [0.5, 0.6) is 11.5 Å². The van der Waals surface area contributed by atoms with Crippen molar-refractivity contribution in [3.8, 4) is 11.5 Å². The lowest BCUT2D eigenvalue weighted by Gasteiger charge is -2.13. The molecule has 0 unspecified atom stereocenters. The van der Waals surface area contributed by atoms with E-state index in [-0.39, 0.29) is 22.9 Å². The Morgan fingerprint density at radius 1 is 0.912 bits per heavy atom. The molecule has 0 fully saturated rings. The summed E-state index contributed by atoms with van der Waals surface area (Å²) in [7, 11) is 1.32. The highest BCUT2D eigenvalue weighted by Gasteiger charge is 2.27. The van der Waals surface area contributed by atoms with Gasteiger partial charge in [-0.25, -0.2) is 23.0 Å². The Bertz CT molecular complexity index is 1310. The predicted molar refractivity (Wildman–Crippen MR) is 111 cm³/mol. The number of aliphatic imine (C=N–C) groups is 1. The quantitative estimate of drug-likeness (QED) is 0.159. The van der Waals surface area contributed by atoms with Gasteiger partial charge in [-0.3, -0.25) is 0 Å². The fraction of sp³-hybridized carbons (Fsp3) is 0.0833. The normalized spacial score (nSPS) is 14.2. The van der Waals surface area contributed by atoms with Crippen LogP contribution >= 0.6 is 0 Å². The average molecular weight is 475 g/mol. The fourth-order valence-electron chi connectivity index (χ4n) is 3.13. The van der Waals surface area contributed by atoms with E-state index in [1.165, 1.54) is 25.3 Å². The molecule has 10 heteroatoms. The number of halogens is 5. The van der Waals surface area contributed by atoms with Gasteiger partial charge >= 0.3 is 5.97 Å². The molecule has 1 heterocycles. The van der Waals surface area contributed by atoms with Crippen LogP contribution in [-0.2, 0) is 16.1 Å². The number of carbonyl (C=O) groups is 1. The van der Waals surface area contributed by atoms with Crippen molar-refractivity contribution in [3.05, 3.63) is 100 Å². The first kappa shape index (κ1) is 23.0. The van der Waals surface area contributed by atoms with Crippen LogP contribution in [0.15, 0.2) is 59.2 Å². The van der Waals surface area contributed by atoms with Crippen LogP contribution in [0, 0.1) is 29.1 Å². The summed E-state index contributed by atoms with van der Waals surface area (Å²) < 4.78 is 83.2. The van der Waals surface area contributed by atoms with Gasteiger partial charge in [-0.2, -0.15) is 8.78 Å². The number of benzene rings is 3. The van der Waals surface area contributed by atoms with Crippen molar-refractivity contribution in [2.45, 2.75) is 6.61 Å². The van der Waals surface area contributed by atoms with Crippen molar-refractivity contribution >= 4 is 17.9 Å². The summed E-state index contributed by atoms with van der Waals surface area (Å²) >= 11 is 0. The number of nitrogens with zero attached hydrogens (tertiary/aromatic N) is 1. The van der Waals surface area contributed by atoms with Gasteiger partial charge in [-0.15, -0.1) is 0 Å². The molecule has 0 atom stereocenters. The Morgan fingerprint density at radius 3 is 2.21 bits per heavy atom. The molecule has 174 valence electrons. The number of ether oxygens (including phenoxy) is 3. The van der Waals surface area contributed by atoms with E-state index in [2.05, 4.69) is 4.99 Å². The first-order valence-electron chi connectivity index (χ1n) is 9.69. The van der Waals surface area contributed by atoms with Crippen molar-refractivity contribution in [3.63, 3.8) is 0 Å². The Labute approximate surface area is 189 Å². The molecule has 0 N–H and O–H groups in total. The monoisotopic (exact) mass is 475 g/mol. The molecule has 0 amide bonds. The highest BCUT2D eigenvalue weighted by molar-refractivity contribution is 6.12. The third-order valence-electron chi connectivity index (χ3n) is 4.79.